The Morgan fingerprint density at radius 3 is 2.55 bits per heavy atom. The second-order valence-corrected chi connectivity index (χ2v) is 10.2. The molecule has 0 bridgehead atoms. The number of carbonyl (C=O) groups is 1. The quantitative estimate of drug-likeness (QED) is 0.475. The number of benzene rings is 1. The van der Waals surface area contributed by atoms with Crippen LogP contribution in [0.4, 0.5) is 4.79 Å². The maximum atomic E-state index is 12.5. The van der Waals surface area contributed by atoms with Gasteiger partial charge < -0.3 is 20.2 Å². The van der Waals surface area contributed by atoms with Gasteiger partial charge in [-0.2, -0.15) is 4.98 Å². The van der Waals surface area contributed by atoms with Crippen molar-refractivity contribution in [1.82, 2.24) is 14.7 Å². The summed E-state index contributed by atoms with van der Waals surface area (Å²) in [6, 6.07) is 5.85. The van der Waals surface area contributed by atoms with Crippen LogP contribution in [0.15, 0.2) is 29.2 Å². The monoisotopic (exact) mass is 442 g/mol. The number of carbonyl (C=O) groups excluding carboxylic acids is 1. The van der Waals surface area contributed by atoms with Crippen molar-refractivity contribution in [2.75, 3.05) is 25.7 Å². The first kappa shape index (κ1) is 20.8. The molecule has 0 saturated carbocycles. The van der Waals surface area contributed by atoms with Crippen molar-refractivity contribution >= 4 is 47.8 Å². The summed E-state index contributed by atoms with van der Waals surface area (Å²) in [6.07, 6.45) is -0.0454. The molecule has 0 atom stereocenters. The van der Waals surface area contributed by atoms with Crippen molar-refractivity contribution < 1.29 is 31.1 Å². The molecule has 0 aliphatic heterocycles. The summed E-state index contributed by atoms with van der Waals surface area (Å²) in [5, 5.41) is 0.997. The van der Waals surface area contributed by atoms with E-state index in [1.54, 1.807) is 6.07 Å². The molecule has 4 N–H and O–H groups in total. The average Bonchev–Trinajstić information content (AvgIpc) is 2.98. The minimum Gasteiger partial charge on any atom is -0.481 e. The highest BCUT2D eigenvalue weighted by Crippen LogP contribution is 2.34. The number of sulfonamides is 1. The SMILES string of the molecule is COc1cc2c([nH]c3ccc(S(=O)(=O)NCCS(C)(=O)=O)cc32)c(OC(N)=O)n1. The topological polar surface area (TPSA) is 171 Å². The van der Waals surface area contributed by atoms with Gasteiger partial charge in [0.15, 0.2) is 0 Å². The number of methoxy groups -OCH3 is 1. The third kappa shape index (κ3) is 4.58. The first-order valence-corrected chi connectivity index (χ1v) is 11.7. The lowest BCUT2D eigenvalue weighted by molar-refractivity contribution is 0.209. The fourth-order valence-corrected chi connectivity index (χ4v) is 4.37. The normalized spacial score (nSPS) is 12.3. The van der Waals surface area contributed by atoms with Crippen molar-refractivity contribution in [2.45, 2.75) is 4.90 Å². The second-order valence-electron chi connectivity index (χ2n) is 6.17. The summed E-state index contributed by atoms with van der Waals surface area (Å²) < 4.78 is 59.7. The first-order chi connectivity index (χ1) is 13.5. The van der Waals surface area contributed by atoms with Gasteiger partial charge in [-0.05, 0) is 18.2 Å². The number of nitrogens with zero attached hydrogens (tertiary/aromatic N) is 1. The third-order valence-corrected chi connectivity index (χ3v) is 6.39. The molecule has 2 aromatic heterocycles. The van der Waals surface area contributed by atoms with Crippen LogP contribution in [-0.4, -0.2) is 58.6 Å². The van der Waals surface area contributed by atoms with E-state index in [0.29, 0.717) is 21.8 Å². The Hall–Kier alpha value is -2.90. The standard InChI is InChI=1S/C16H18N4O7S2/c1-26-13-8-11-10-7-9(29(24,25)18-5-6-28(2,22)23)3-4-12(10)19-14(11)15(20-13)27-16(17)21/h3-4,7-8,18-19H,5-6H2,1-2H3,(H2,17,21). The molecule has 11 nitrogen and oxygen atoms in total. The van der Waals surface area contributed by atoms with Gasteiger partial charge in [-0.25, -0.2) is 26.4 Å². The number of hydrogen-bond donors (Lipinski definition) is 3. The van der Waals surface area contributed by atoms with Gasteiger partial charge in [0.1, 0.15) is 15.4 Å². The van der Waals surface area contributed by atoms with Crippen LogP contribution in [-0.2, 0) is 19.9 Å². The van der Waals surface area contributed by atoms with E-state index in [2.05, 4.69) is 14.7 Å². The number of pyridine rings is 1. The van der Waals surface area contributed by atoms with Crippen LogP contribution >= 0.6 is 0 Å². The fraction of sp³-hybridized carbons (Fsp3) is 0.250. The molecule has 29 heavy (non-hydrogen) atoms. The number of primary amides is 1. The maximum Gasteiger partial charge on any atom is 0.411 e. The summed E-state index contributed by atoms with van der Waals surface area (Å²) >= 11 is 0. The van der Waals surface area contributed by atoms with Crippen LogP contribution in [0.2, 0.25) is 0 Å². The van der Waals surface area contributed by atoms with Gasteiger partial charge >= 0.3 is 6.09 Å². The highest BCUT2D eigenvalue weighted by atomic mass is 32.2. The number of H-pyrrole nitrogens is 1. The van der Waals surface area contributed by atoms with Gasteiger partial charge in [0.2, 0.25) is 15.9 Å². The molecule has 0 aliphatic carbocycles. The van der Waals surface area contributed by atoms with Crippen molar-refractivity contribution in [1.29, 1.82) is 0 Å². The highest BCUT2D eigenvalue weighted by molar-refractivity contribution is 7.91. The zero-order chi connectivity index (χ0) is 21.4. The minimum absolute atomic E-state index is 0.0625. The summed E-state index contributed by atoms with van der Waals surface area (Å²) in [7, 11) is -5.88. The lowest BCUT2D eigenvalue weighted by Gasteiger charge is -2.07. The number of aromatic amines is 1. The van der Waals surface area contributed by atoms with E-state index in [-0.39, 0.29) is 29.0 Å². The zero-order valence-electron chi connectivity index (χ0n) is 15.4. The number of amides is 1. The lowest BCUT2D eigenvalue weighted by atomic mass is 10.2. The Balaban J connectivity index is 2.09. The number of nitrogens with one attached hydrogen (secondary N) is 2. The van der Waals surface area contributed by atoms with Gasteiger partial charge in [0.05, 0.1) is 17.8 Å². The van der Waals surface area contributed by atoms with E-state index >= 15 is 0 Å². The summed E-state index contributed by atoms with van der Waals surface area (Å²) in [6.45, 7) is -0.249. The number of ether oxygens (including phenoxy) is 2. The first-order valence-electron chi connectivity index (χ1n) is 8.15. The van der Waals surface area contributed by atoms with Crippen LogP contribution in [0.25, 0.3) is 21.8 Å². The van der Waals surface area contributed by atoms with Crippen LogP contribution in [0.3, 0.4) is 0 Å². The molecule has 3 aromatic rings. The van der Waals surface area contributed by atoms with Crippen LogP contribution in [0, 0.1) is 0 Å². The fourth-order valence-electron chi connectivity index (χ4n) is 2.71. The minimum atomic E-state index is -3.95. The van der Waals surface area contributed by atoms with Gasteiger partial charge in [-0.15, -0.1) is 0 Å². The van der Waals surface area contributed by atoms with Crippen molar-refractivity contribution in [2.24, 2.45) is 5.73 Å². The molecule has 0 aliphatic rings. The van der Waals surface area contributed by atoms with Crippen molar-refractivity contribution in [3.8, 4) is 11.8 Å². The largest absolute Gasteiger partial charge is 0.481 e. The van der Waals surface area contributed by atoms with Gasteiger partial charge in [0.25, 0.3) is 5.88 Å². The molecule has 2 heterocycles. The average molecular weight is 442 g/mol. The number of rotatable bonds is 7. The number of fused-ring (bicyclic) bond motifs is 3. The predicted molar refractivity (Wildman–Crippen MR) is 105 cm³/mol. The van der Waals surface area contributed by atoms with E-state index in [9.17, 15) is 21.6 Å². The predicted octanol–water partition coefficient (Wildman–Crippen LogP) is 0.505. The molecule has 0 saturated heterocycles. The maximum absolute atomic E-state index is 12.5. The molecule has 0 fully saturated rings. The second kappa shape index (κ2) is 7.50. The molecule has 1 amide bonds. The van der Waals surface area contributed by atoms with E-state index < -0.39 is 26.0 Å². The van der Waals surface area contributed by atoms with E-state index in [1.807, 2.05) is 0 Å². The Labute approximate surface area is 166 Å². The Bertz CT molecular complexity index is 1310. The van der Waals surface area contributed by atoms with E-state index in [0.717, 1.165) is 6.26 Å². The lowest BCUT2D eigenvalue weighted by Crippen LogP contribution is -2.28. The van der Waals surface area contributed by atoms with Gasteiger partial charge in [0, 0.05) is 35.2 Å². The smallest absolute Gasteiger partial charge is 0.411 e. The number of sulfone groups is 1. The van der Waals surface area contributed by atoms with Crippen LogP contribution < -0.4 is 19.9 Å². The number of aromatic nitrogens is 2. The summed E-state index contributed by atoms with van der Waals surface area (Å²) in [4.78, 5) is 18.1. The highest BCUT2D eigenvalue weighted by Gasteiger charge is 2.19. The van der Waals surface area contributed by atoms with Crippen LogP contribution in [0.5, 0.6) is 11.8 Å². The summed E-state index contributed by atoms with van der Waals surface area (Å²) in [5.74, 6) is -0.300. The van der Waals surface area contributed by atoms with E-state index in [1.165, 1.54) is 25.3 Å². The Kier molecular flexibility index (Phi) is 5.38. The van der Waals surface area contributed by atoms with Gasteiger partial charge in [-0.3, -0.25) is 0 Å². The van der Waals surface area contributed by atoms with Crippen molar-refractivity contribution in [3.63, 3.8) is 0 Å². The summed E-state index contributed by atoms with van der Waals surface area (Å²) in [5.41, 5.74) is 5.96. The molecule has 1 aromatic carbocycles. The number of hydrogen-bond acceptors (Lipinski definition) is 8. The molecule has 3 rings (SSSR count). The Morgan fingerprint density at radius 2 is 1.93 bits per heavy atom. The Morgan fingerprint density at radius 1 is 1.21 bits per heavy atom. The van der Waals surface area contributed by atoms with Crippen molar-refractivity contribution in [3.05, 3.63) is 24.3 Å². The zero-order valence-corrected chi connectivity index (χ0v) is 17.1. The molecule has 156 valence electrons. The molecule has 13 heteroatoms. The molecule has 0 radical (unpaired) electrons. The van der Waals surface area contributed by atoms with Crippen LogP contribution in [0.1, 0.15) is 0 Å². The molecule has 0 spiro atoms. The molecular formula is C16H18N4O7S2. The number of nitrogens with two attached hydrogens (primary N) is 1. The third-order valence-electron chi connectivity index (χ3n) is 3.99. The van der Waals surface area contributed by atoms with E-state index in [4.69, 9.17) is 15.2 Å². The molecule has 0 unspecified atom stereocenters. The molecular weight excluding hydrogens is 424 g/mol. The van der Waals surface area contributed by atoms with Gasteiger partial charge in [-0.1, -0.05) is 0 Å².